The van der Waals surface area contributed by atoms with Crippen molar-refractivity contribution in [1.29, 1.82) is 0 Å². The van der Waals surface area contributed by atoms with E-state index in [4.69, 9.17) is 9.47 Å². The minimum atomic E-state index is -0.223. The molecule has 0 spiro atoms. The van der Waals surface area contributed by atoms with E-state index in [2.05, 4.69) is 10.3 Å². The van der Waals surface area contributed by atoms with E-state index in [1.165, 1.54) is 17.7 Å². The van der Waals surface area contributed by atoms with Gasteiger partial charge >= 0.3 is 0 Å². The quantitative estimate of drug-likeness (QED) is 0.651. The number of rotatable bonds is 7. The molecule has 0 radical (unpaired) electrons. The molecule has 1 heterocycles. The Bertz CT molecular complexity index is 829. The Balaban J connectivity index is 1.61. The molecule has 0 amide bonds. The summed E-state index contributed by atoms with van der Waals surface area (Å²) in [4.78, 5) is 3.12. The zero-order valence-corrected chi connectivity index (χ0v) is 13.9. The van der Waals surface area contributed by atoms with Crippen molar-refractivity contribution in [3.8, 4) is 11.5 Å². The number of hydrogen-bond acceptors (Lipinski definition) is 3. The van der Waals surface area contributed by atoms with E-state index in [1.807, 2.05) is 30.5 Å². The van der Waals surface area contributed by atoms with Crippen molar-refractivity contribution >= 4 is 10.9 Å². The van der Waals surface area contributed by atoms with Crippen LogP contribution in [0.4, 0.5) is 4.39 Å². The molecule has 3 aromatic rings. The van der Waals surface area contributed by atoms with E-state index < -0.39 is 0 Å². The molecule has 5 heteroatoms. The van der Waals surface area contributed by atoms with Gasteiger partial charge in [0.1, 0.15) is 5.82 Å². The number of nitrogens with one attached hydrogen (secondary N) is 2. The van der Waals surface area contributed by atoms with Crippen molar-refractivity contribution < 1.29 is 13.9 Å². The lowest BCUT2D eigenvalue weighted by Crippen LogP contribution is -2.17. The first kappa shape index (κ1) is 16.3. The fraction of sp³-hybridized carbons (Fsp3) is 0.263. The lowest BCUT2D eigenvalue weighted by atomic mass is 10.1. The number of H-pyrrole nitrogens is 1. The molecule has 24 heavy (non-hydrogen) atoms. The number of ether oxygens (including phenoxy) is 2. The highest BCUT2D eigenvalue weighted by atomic mass is 19.1. The summed E-state index contributed by atoms with van der Waals surface area (Å²) in [5.74, 6) is 1.27. The smallest absolute Gasteiger partial charge is 0.165 e. The van der Waals surface area contributed by atoms with Gasteiger partial charge in [0.2, 0.25) is 0 Å². The largest absolute Gasteiger partial charge is 0.493 e. The third kappa shape index (κ3) is 3.36. The number of para-hydroxylation sites is 1. The zero-order valence-electron chi connectivity index (χ0n) is 13.9. The average molecular weight is 328 g/mol. The highest BCUT2D eigenvalue weighted by Gasteiger charge is 2.09. The van der Waals surface area contributed by atoms with Gasteiger partial charge in [-0.1, -0.05) is 12.1 Å². The average Bonchev–Trinajstić information content (AvgIpc) is 3.00. The van der Waals surface area contributed by atoms with Gasteiger partial charge in [-0.3, -0.25) is 0 Å². The van der Waals surface area contributed by atoms with E-state index in [0.29, 0.717) is 6.54 Å². The van der Waals surface area contributed by atoms with Crippen LogP contribution in [0.15, 0.2) is 42.6 Å². The number of benzene rings is 2. The first-order valence-corrected chi connectivity index (χ1v) is 7.89. The molecule has 0 saturated heterocycles. The standard InChI is InChI=1S/C19H21FN2O2/c1-23-18-5-3-4-14(19(18)24-2)11-21-9-8-13-12-22-17-10-15(20)6-7-16(13)17/h3-7,10,12,21-22H,8-9,11H2,1-2H3. The second-order valence-electron chi connectivity index (χ2n) is 5.58. The zero-order chi connectivity index (χ0) is 16.9. The van der Waals surface area contributed by atoms with Gasteiger partial charge in [0.15, 0.2) is 11.5 Å². The summed E-state index contributed by atoms with van der Waals surface area (Å²) < 4.78 is 24.0. The second-order valence-corrected chi connectivity index (χ2v) is 5.58. The van der Waals surface area contributed by atoms with Gasteiger partial charge in [-0.25, -0.2) is 4.39 Å². The topological polar surface area (TPSA) is 46.3 Å². The normalized spacial score (nSPS) is 11.0. The molecule has 0 aliphatic carbocycles. The van der Waals surface area contributed by atoms with E-state index in [-0.39, 0.29) is 5.82 Å². The van der Waals surface area contributed by atoms with Gasteiger partial charge in [0.25, 0.3) is 0 Å². The molecule has 0 fully saturated rings. The van der Waals surface area contributed by atoms with Crippen LogP contribution in [0.1, 0.15) is 11.1 Å². The second kappa shape index (κ2) is 7.36. The predicted octanol–water partition coefficient (Wildman–Crippen LogP) is 3.66. The Morgan fingerprint density at radius 3 is 2.75 bits per heavy atom. The van der Waals surface area contributed by atoms with Crippen LogP contribution >= 0.6 is 0 Å². The van der Waals surface area contributed by atoms with Gasteiger partial charge in [-0.2, -0.15) is 0 Å². The summed E-state index contributed by atoms with van der Waals surface area (Å²) in [6.45, 7) is 1.50. The van der Waals surface area contributed by atoms with Crippen LogP contribution in [0.5, 0.6) is 11.5 Å². The van der Waals surface area contributed by atoms with Crippen molar-refractivity contribution in [1.82, 2.24) is 10.3 Å². The van der Waals surface area contributed by atoms with E-state index >= 15 is 0 Å². The van der Waals surface area contributed by atoms with Crippen molar-refractivity contribution in [2.45, 2.75) is 13.0 Å². The third-order valence-electron chi connectivity index (χ3n) is 4.10. The van der Waals surface area contributed by atoms with Crippen molar-refractivity contribution in [2.24, 2.45) is 0 Å². The van der Waals surface area contributed by atoms with Crippen LogP contribution in [-0.2, 0) is 13.0 Å². The molecule has 0 aliphatic rings. The van der Waals surface area contributed by atoms with Crippen LogP contribution in [0, 0.1) is 5.82 Å². The van der Waals surface area contributed by atoms with E-state index in [0.717, 1.165) is 40.9 Å². The van der Waals surface area contributed by atoms with E-state index in [1.54, 1.807) is 14.2 Å². The third-order valence-corrected chi connectivity index (χ3v) is 4.10. The Hall–Kier alpha value is -2.53. The lowest BCUT2D eigenvalue weighted by molar-refractivity contribution is 0.350. The van der Waals surface area contributed by atoms with Crippen LogP contribution < -0.4 is 14.8 Å². The molecule has 4 nitrogen and oxygen atoms in total. The number of fused-ring (bicyclic) bond motifs is 1. The van der Waals surface area contributed by atoms with Crippen molar-refractivity contribution in [3.63, 3.8) is 0 Å². The van der Waals surface area contributed by atoms with Gasteiger partial charge in [0.05, 0.1) is 14.2 Å². The Labute approximate surface area is 140 Å². The van der Waals surface area contributed by atoms with Crippen LogP contribution in [-0.4, -0.2) is 25.7 Å². The molecule has 3 rings (SSSR count). The van der Waals surface area contributed by atoms with E-state index in [9.17, 15) is 4.39 Å². The Kier molecular flexibility index (Phi) is 5.01. The highest BCUT2D eigenvalue weighted by molar-refractivity contribution is 5.83. The molecule has 0 saturated carbocycles. The monoisotopic (exact) mass is 328 g/mol. The van der Waals surface area contributed by atoms with Crippen molar-refractivity contribution in [3.05, 3.63) is 59.5 Å². The molecule has 0 unspecified atom stereocenters. The minimum absolute atomic E-state index is 0.223. The lowest BCUT2D eigenvalue weighted by Gasteiger charge is -2.13. The number of methoxy groups -OCH3 is 2. The van der Waals surface area contributed by atoms with Gasteiger partial charge in [-0.15, -0.1) is 0 Å². The summed E-state index contributed by atoms with van der Waals surface area (Å²) in [7, 11) is 3.28. The molecule has 2 aromatic carbocycles. The number of hydrogen-bond donors (Lipinski definition) is 2. The minimum Gasteiger partial charge on any atom is -0.493 e. The first-order chi connectivity index (χ1) is 11.7. The van der Waals surface area contributed by atoms with Crippen molar-refractivity contribution in [2.75, 3.05) is 20.8 Å². The summed E-state index contributed by atoms with van der Waals surface area (Å²) in [5, 5.41) is 4.49. The summed E-state index contributed by atoms with van der Waals surface area (Å²) in [6, 6.07) is 10.7. The van der Waals surface area contributed by atoms with Gasteiger partial charge < -0.3 is 19.8 Å². The molecule has 2 N–H and O–H groups in total. The number of aromatic nitrogens is 1. The molecule has 0 aliphatic heterocycles. The van der Waals surface area contributed by atoms with Crippen LogP contribution in [0.3, 0.4) is 0 Å². The summed E-state index contributed by atoms with van der Waals surface area (Å²) >= 11 is 0. The fourth-order valence-corrected chi connectivity index (χ4v) is 2.90. The SMILES string of the molecule is COc1cccc(CNCCc2c[nH]c3cc(F)ccc23)c1OC. The molecule has 1 aromatic heterocycles. The summed E-state index contributed by atoms with van der Waals surface area (Å²) in [5.41, 5.74) is 3.06. The highest BCUT2D eigenvalue weighted by Crippen LogP contribution is 2.30. The van der Waals surface area contributed by atoms with Gasteiger partial charge in [-0.05, 0) is 42.8 Å². The molecule has 126 valence electrons. The molecular formula is C19H21FN2O2. The maximum atomic E-state index is 13.2. The number of halogens is 1. The van der Waals surface area contributed by atoms with Gasteiger partial charge in [0, 0.05) is 29.2 Å². The van der Waals surface area contributed by atoms with Crippen LogP contribution in [0.25, 0.3) is 10.9 Å². The van der Waals surface area contributed by atoms with Crippen LogP contribution in [0.2, 0.25) is 0 Å². The predicted molar refractivity (Wildman–Crippen MR) is 93.2 cm³/mol. The maximum absolute atomic E-state index is 13.2. The molecular weight excluding hydrogens is 307 g/mol. The Morgan fingerprint density at radius 1 is 1.08 bits per heavy atom. The Morgan fingerprint density at radius 2 is 1.96 bits per heavy atom. The number of aromatic amines is 1. The maximum Gasteiger partial charge on any atom is 0.165 e. The molecule has 0 atom stereocenters. The molecule has 0 bridgehead atoms. The first-order valence-electron chi connectivity index (χ1n) is 7.89. The fourth-order valence-electron chi connectivity index (χ4n) is 2.90. The summed E-state index contributed by atoms with van der Waals surface area (Å²) in [6.07, 6.45) is 2.80.